The number of aromatic nitrogens is 1. The second-order valence-corrected chi connectivity index (χ2v) is 6.19. The van der Waals surface area contributed by atoms with E-state index in [1.54, 1.807) is 17.0 Å². The van der Waals surface area contributed by atoms with Gasteiger partial charge in [-0.25, -0.2) is 9.37 Å². The summed E-state index contributed by atoms with van der Waals surface area (Å²) in [4.78, 5) is 17.9. The molecular formula is C17H17FN2O3. The van der Waals surface area contributed by atoms with Crippen LogP contribution >= 0.6 is 0 Å². The molecule has 5 nitrogen and oxygen atoms in total. The van der Waals surface area contributed by atoms with Crippen molar-refractivity contribution >= 4 is 5.91 Å². The highest BCUT2D eigenvalue weighted by Crippen LogP contribution is 2.40. The first kappa shape index (κ1) is 14.2. The van der Waals surface area contributed by atoms with E-state index in [1.807, 2.05) is 0 Å². The molecule has 23 heavy (non-hydrogen) atoms. The van der Waals surface area contributed by atoms with Crippen molar-refractivity contribution < 1.29 is 18.3 Å². The zero-order chi connectivity index (χ0) is 15.8. The minimum atomic E-state index is -0.300. The average Bonchev–Trinajstić information content (AvgIpc) is 3.24. The fourth-order valence-electron chi connectivity index (χ4n) is 3.72. The van der Waals surface area contributed by atoms with Gasteiger partial charge in [-0.15, -0.1) is 0 Å². The van der Waals surface area contributed by atoms with Gasteiger partial charge in [0.2, 0.25) is 5.76 Å². The summed E-state index contributed by atoms with van der Waals surface area (Å²) in [5, 5.41) is 0. The van der Waals surface area contributed by atoms with E-state index in [1.165, 1.54) is 24.7 Å². The summed E-state index contributed by atoms with van der Waals surface area (Å²) in [7, 11) is 0. The summed E-state index contributed by atoms with van der Waals surface area (Å²) < 4.78 is 24.4. The number of carbonyl (C=O) groups is 1. The van der Waals surface area contributed by atoms with Crippen molar-refractivity contribution in [3.8, 4) is 5.75 Å². The molecule has 1 aromatic carbocycles. The second kappa shape index (κ2) is 5.68. The molecule has 6 heteroatoms. The summed E-state index contributed by atoms with van der Waals surface area (Å²) in [6.07, 6.45) is 4.69. The lowest BCUT2D eigenvalue weighted by molar-refractivity contribution is 0.0731. The number of benzene rings is 1. The van der Waals surface area contributed by atoms with Crippen molar-refractivity contribution in [1.82, 2.24) is 9.88 Å². The van der Waals surface area contributed by atoms with Crippen molar-refractivity contribution in [1.29, 1.82) is 0 Å². The van der Waals surface area contributed by atoms with E-state index in [2.05, 4.69) is 4.98 Å². The first-order chi connectivity index (χ1) is 11.2. The van der Waals surface area contributed by atoms with E-state index in [0.29, 0.717) is 24.8 Å². The highest BCUT2D eigenvalue weighted by atomic mass is 19.1. The molecule has 1 saturated carbocycles. The fraction of sp³-hybridized carbons (Fsp3) is 0.412. The predicted molar refractivity (Wildman–Crippen MR) is 79.4 cm³/mol. The van der Waals surface area contributed by atoms with Gasteiger partial charge in [0.15, 0.2) is 6.39 Å². The zero-order valence-corrected chi connectivity index (χ0v) is 12.5. The number of fused-ring (bicyclic) bond motifs is 1. The van der Waals surface area contributed by atoms with Gasteiger partial charge in [0.1, 0.15) is 17.7 Å². The third kappa shape index (κ3) is 2.69. The van der Waals surface area contributed by atoms with E-state index in [-0.39, 0.29) is 29.5 Å². The van der Waals surface area contributed by atoms with E-state index < -0.39 is 0 Å². The number of likely N-dealkylation sites (tertiary alicyclic amines) is 1. The largest absolute Gasteiger partial charge is 0.490 e. The number of hydrogen-bond acceptors (Lipinski definition) is 4. The molecule has 2 aliphatic rings. The molecule has 0 spiro atoms. The van der Waals surface area contributed by atoms with E-state index >= 15 is 0 Å². The van der Waals surface area contributed by atoms with Crippen LogP contribution in [0.1, 0.15) is 23.4 Å². The smallest absolute Gasteiger partial charge is 0.291 e. The lowest BCUT2D eigenvalue weighted by atomic mass is 9.99. The summed E-state index contributed by atoms with van der Waals surface area (Å²) in [6.45, 7) is 1.36. The maximum atomic E-state index is 13.3. The van der Waals surface area contributed by atoms with Gasteiger partial charge in [-0.3, -0.25) is 4.79 Å². The molecule has 1 aliphatic carbocycles. The fourth-order valence-corrected chi connectivity index (χ4v) is 3.72. The van der Waals surface area contributed by atoms with Crippen molar-refractivity contribution in [3.63, 3.8) is 0 Å². The molecule has 4 rings (SSSR count). The minimum Gasteiger partial charge on any atom is -0.490 e. The van der Waals surface area contributed by atoms with Gasteiger partial charge in [0.25, 0.3) is 5.91 Å². The van der Waals surface area contributed by atoms with Crippen LogP contribution in [0.3, 0.4) is 0 Å². The van der Waals surface area contributed by atoms with Gasteiger partial charge in [-0.2, -0.15) is 0 Å². The number of nitrogens with zero attached hydrogens (tertiary/aromatic N) is 2. The Kier molecular flexibility index (Phi) is 3.52. The number of halogens is 1. The predicted octanol–water partition coefficient (Wildman–Crippen LogP) is 2.74. The molecular weight excluding hydrogens is 299 g/mol. The highest BCUT2D eigenvalue weighted by molar-refractivity contribution is 5.91. The van der Waals surface area contributed by atoms with Crippen molar-refractivity contribution in [2.75, 3.05) is 13.1 Å². The molecule has 2 aromatic rings. The molecule has 1 saturated heterocycles. The molecule has 0 unspecified atom stereocenters. The molecule has 0 N–H and O–H groups in total. The molecule has 0 radical (unpaired) electrons. The third-order valence-corrected chi connectivity index (χ3v) is 4.80. The monoisotopic (exact) mass is 316 g/mol. The highest BCUT2D eigenvalue weighted by Gasteiger charge is 2.45. The molecule has 3 atom stereocenters. The molecule has 1 aliphatic heterocycles. The van der Waals surface area contributed by atoms with Gasteiger partial charge < -0.3 is 14.1 Å². The first-order valence-corrected chi connectivity index (χ1v) is 7.80. The normalized spacial score (nSPS) is 26.3. The van der Waals surface area contributed by atoms with E-state index in [4.69, 9.17) is 9.15 Å². The number of ether oxygens (including phenoxy) is 1. The molecule has 2 fully saturated rings. The Labute approximate surface area is 133 Å². The average molecular weight is 316 g/mol. The number of oxazole rings is 1. The van der Waals surface area contributed by atoms with Crippen LogP contribution in [-0.4, -0.2) is 35.0 Å². The molecule has 1 aromatic heterocycles. The van der Waals surface area contributed by atoms with Crippen LogP contribution in [-0.2, 0) is 0 Å². The number of amides is 1. The van der Waals surface area contributed by atoms with Gasteiger partial charge in [-0.1, -0.05) is 6.07 Å². The molecule has 1 amide bonds. The van der Waals surface area contributed by atoms with Gasteiger partial charge in [0, 0.05) is 25.1 Å². The summed E-state index contributed by atoms with van der Waals surface area (Å²) in [6, 6.07) is 6.21. The second-order valence-electron chi connectivity index (χ2n) is 6.19. The van der Waals surface area contributed by atoms with Crippen LogP contribution < -0.4 is 4.74 Å². The lowest BCUT2D eigenvalue weighted by Gasteiger charge is -2.21. The van der Waals surface area contributed by atoms with Crippen LogP contribution in [0, 0.1) is 17.7 Å². The third-order valence-electron chi connectivity index (χ3n) is 4.80. The van der Waals surface area contributed by atoms with Gasteiger partial charge >= 0.3 is 0 Å². The summed E-state index contributed by atoms with van der Waals surface area (Å²) in [5.41, 5.74) is 0. The topological polar surface area (TPSA) is 55.6 Å². The number of rotatable bonds is 3. The van der Waals surface area contributed by atoms with Crippen LogP contribution in [0.25, 0.3) is 0 Å². The Morgan fingerprint density at radius 2 is 2.26 bits per heavy atom. The molecule has 2 heterocycles. The van der Waals surface area contributed by atoms with E-state index in [0.717, 1.165) is 12.8 Å². The first-order valence-electron chi connectivity index (χ1n) is 7.80. The quantitative estimate of drug-likeness (QED) is 0.874. The maximum Gasteiger partial charge on any atom is 0.291 e. The van der Waals surface area contributed by atoms with Crippen molar-refractivity contribution in [2.24, 2.45) is 11.8 Å². The standard InChI is InChI=1S/C17H17FN2O3/c18-12-2-1-3-13(6-12)23-15-5-4-11-8-20(9-14(11)15)17(21)16-7-19-10-22-16/h1-3,6-7,10-11,14-15H,4-5,8-9H2/t11-,14+,15-/m0/s1. The van der Waals surface area contributed by atoms with Crippen LogP contribution in [0.15, 0.2) is 41.3 Å². The van der Waals surface area contributed by atoms with Crippen molar-refractivity contribution in [3.05, 3.63) is 48.4 Å². The van der Waals surface area contributed by atoms with Gasteiger partial charge in [-0.05, 0) is 30.9 Å². The number of carbonyl (C=O) groups excluding carboxylic acids is 1. The Balaban J connectivity index is 1.44. The van der Waals surface area contributed by atoms with Gasteiger partial charge in [0.05, 0.1) is 6.20 Å². The maximum absolute atomic E-state index is 13.3. The Bertz CT molecular complexity index is 704. The van der Waals surface area contributed by atoms with Crippen LogP contribution in [0.2, 0.25) is 0 Å². The summed E-state index contributed by atoms with van der Waals surface area (Å²) >= 11 is 0. The lowest BCUT2D eigenvalue weighted by Crippen LogP contribution is -2.32. The Morgan fingerprint density at radius 1 is 1.35 bits per heavy atom. The van der Waals surface area contributed by atoms with Crippen molar-refractivity contribution in [2.45, 2.75) is 18.9 Å². The Morgan fingerprint density at radius 3 is 3.04 bits per heavy atom. The SMILES string of the molecule is O=C(c1cnco1)N1C[C@@H]2CC[C@H](Oc3cccc(F)c3)[C@@H]2C1. The van der Waals surface area contributed by atoms with E-state index in [9.17, 15) is 9.18 Å². The van der Waals surface area contributed by atoms with Crippen LogP contribution in [0.5, 0.6) is 5.75 Å². The van der Waals surface area contributed by atoms with Crippen LogP contribution in [0.4, 0.5) is 4.39 Å². The summed E-state index contributed by atoms with van der Waals surface area (Å²) in [5.74, 6) is 1.11. The number of hydrogen-bond donors (Lipinski definition) is 0. The Hall–Kier alpha value is -2.37. The minimum absolute atomic E-state index is 0.0225. The zero-order valence-electron chi connectivity index (χ0n) is 12.5. The molecule has 0 bridgehead atoms. The molecule has 120 valence electrons.